The predicted molar refractivity (Wildman–Crippen MR) is 72.9 cm³/mol. The molecule has 0 aliphatic rings. The first-order valence-corrected chi connectivity index (χ1v) is 8.72. The van der Waals surface area contributed by atoms with Gasteiger partial charge in [0.05, 0.1) is 6.61 Å². The second kappa shape index (κ2) is 10.3. The van der Waals surface area contributed by atoms with Gasteiger partial charge in [0.15, 0.2) is 6.17 Å². The van der Waals surface area contributed by atoms with E-state index in [1.807, 2.05) is 0 Å². The normalized spacial score (nSPS) is 17.0. The molecule has 0 radical (unpaired) electrons. The van der Waals surface area contributed by atoms with Crippen molar-refractivity contribution in [1.82, 2.24) is 0 Å². The van der Waals surface area contributed by atoms with Gasteiger partial charge in [0.2, 0.25) is 0 Å². The molecule has 0 spiro atoms. The maximum absolute atomic E-state index is 13.3. The van der Waals surface area contributed by atoms with E-state index in [1.54, 1.807) is 0 Å². The zero-order valence-corrected chi connectivity index (χ0v) is 17.2. The summed E-state index contributed by atoms with van der Waals surface area (Å²) in [5.74, 6) is -38.0. The van der Waals surface area contributed by atoms with Gasteiger partial charge in [0.1, 0.15) is 0 Å². The molecule has 236 valence electrons. The zero-order valence-electron chi connectivity index (χ0n) is 17.2. The smallest absolute Gasteiger partial charge is 0.313 e. The minimum absolute atomic E-state index is 1.43. The van der Waals surface area contributed by atoms with Gasteiger partial charge in [-0.15, -0.1) is 0 Å². The Morgan fingerprint density at radius 1 is 0.436 bits per heavy atom. The monoisotopic (exact) mass is 644 g/mol. The summed E-state index contributed by atoms with van der Waals surface area (Å²) in [4.78, 5) is 0. The van der Waals surface area contributed by atoms with Crippen molar-refractivity contribution in [3.8, 4) is 0 Å². The van der Waals surface area contributed by atoms with Gasteiger partial charge < -0.3 is 4.74 Å². The molecule has 0 bridgehead atoms. The minimum Gasteiger partial charge on any atom is -0.313 e. The lowest BCUT2D eigenvalue weighted by atomic mass is 9.97. The average Bonchev–Trinajstić information content (AvgIpc) is 2.67. The fraction of sp³-hybridized carbons (Fsp3) is 1.00. The number of hydrogen-bond acceptors (Lipinski definition) is 2. The summed E-state index contributed by atoms with van der Waals surface area (Å²) in [6.07, 6.45) is -46.3. The highest BCUT2D eigenvalue weighted by molar-refractivity contribution is 5.03. The van der Waals surface area contributed by atoms with Crippen LogP contribution >= 0.6 is 0 Å². The third-order valence-corrected chi connectivity index (χ3v) is 4.16. The van der Waals surface area contributed by atoms with Crippen LogP contribution in [0.1, 0.15) is 12.8 Å². The van der Waals surface area contributed by atoms with Gasteiger partial charge in [0, 0.05) is 0 Å². The number of rotatable bonds is 13. The third-order valence-electron chi connectivity index (χ3n) is 4.16. The molecule has 0 aromatic heterocycles. The topological polar surface area (TPSA) is 18.5 Å². The van der Waals surface area contributed by atoms with Crippen LogP contribution < -0.4 is 0 Å². The van der Waals surface area contributed by atoms with E-state index in [4.69, 9.17) is 0 Å². The van der Waals surface area contributed by atoms with Crippen molar-refractivity contribution in [1.29, 1.82) is 0 Å². The highest BCUT2D eigenvalue weighted by Gasteiger charge is 2.85. The molecular weight excluding hydrogens is 637 g/mol. The molecule has 0 rings (SSSR count). The van der Waals surface area contributed by atoms with Crippen LogP contribution in [0.4, 0.5) is 101 Å². The Hall–Kier alpha value is -1.69. The van der Waals surface area contributed by atoms with E-state index in [9.17, 15) is 101 Å². The Kier molecular flexibility index (Phi) is 9.85. The molecule has 0 heterocycles. The van der Waals surface area contributed by atoms with Crippen LogP contribution in [0.15, 0.2) is 0 Å². The Bertz CT molecular complexity index is 824. The summed E-state index contributed by atoms with van der Waals surface area (Å²) in [5.41, 5.74) is 0. The molecule has 0 aliphatic carbocycles. The number of ether oxygens (including phenoxy) is 2. The molecular formula is C14H7F23O2. The molecule has 0 amide bonds. The van der Waals surface area contributed by atoms with Crippen LogP contribution in [0, 0.1) is 0 Å². The van der Waals surface area contributed by atoms with Crippen LogP contribution in [0.3, 0.4) is 0 Å². The van der Waals surface area contributed by atoms with Gasteiger partial charge >= 0.3 is 60.3 Å². The van der Waals surface area contributed by atoms with Gasteiger partial charge in [-0.25, -0.2) is 9.13 Å². The molecule has 0 fully saturated rings. The lowest BCUT2D eigenvalue weighted by molar-refractivity contribution is -0.525. The van der Waals surface area contributed by atoms with E-state index >= 15 is 0 Å². The number of halogens is 23. The van der Waals surface area contributed by atoms with Crippen LogP contribution in [0.2, 0.25) is 0 Å². The van der Waals surface area contributed by atoms with Gasteiger partial charge in [-0.2, -0.15) is 96.6 Å². The molecule has 2 nitrogen and oxygen atoms in total. The number of alkyl halides is 23. The van der Waals surface area contributed by atoms with Crippen molar-refractivity contribution in [2.75, 3.05) is 6.61 Å². The van der Waals surface area contributed by atoms with E-state index in [0.717, 1.165) is 0 Å². The molecule has 0 aromatic rings. The summed E-state index contributed by atoms with van der Waals surface area (Å²) in [5, 5.41) is 0. The predicted octanol–water partition coefficient (Wildman–Crippen LogP) is 8.22. The van der Waals surface area contributed by atoms with Crippen molar-refractivity contribution in [2.45, 2.75) is 79.3 Å². The fourth-order valence-corrected chi connectivity index (χ4v) is 1.96. The second-order valence-corrected chi connectivity index (χ2v) is 7.03. The van der Waals surface area contributed by atoms with E-state index < -0.39 is 85.9 Å². The van der Waals surface area contributed by atoms with Crippen molar-refractivity contribution < 1.29 is 110 Å². The molecule has 0 saturated heterocycles. The summed E-state index contributed by atoms with van der Waals surface area (Å²) < 4.78 is 296. The summed E-state index contributed by atoms with van der Waals surface area (Å²) in [7, 11) is 0. The molecule has 1 unspecified atom stereocenters. The lowest BCUT2D eigenvalue weighted by Gasteiger charge is -2.36. The van der Waals surface area contributed by atoms with Gasteiger partial charge in [-0.3, -0.25) is 0 Å². The van der Waals surface area contributed by atoms with Crippen LogP contribution in [-0.2, 0) is 9.47 Å². The third kappa shape index (κ3) is 6.47. The fourth-order valence-electron chi connectivity index (χ4n) is 1.96. The second-order valence-electron chi connectivity index (χ2n) is 7.03. The highest BCUT2D eigenvalue weighted by atomic mass is 19.4. The van der Waals surface area contributed by atoms with Crippen LogP contribution in [0.25, 0.3) is 0 Å². The molecule has 0 N–H and O–H groups in total. The first-order valence-electron chi connectivity index (χ1n) is 8.72. The largest absolute Gasteiger partial charge is 0.460 e. The van der Waals surface area contributed by atoms with E-state index in [0.29, 0.717) is 0 Å². The van der Waals surface area contributed by atoms with Crippen LogP contribution in [0.5, 0.6) is 0 Å². The van der Waals surface area contributed by atoms with Crippen molar-refractivity contribution in [3.63, 3.8) is 0 Å². The molecule has 25 heteroatoms. The lowest BCUT2D eigenvalue weighted by Crippen LogP contribution is -2.64. The van der Waals surface area contributed by atoms with Gasteiger partial charge in [-0.1, -0.05) is 0 Å². The Morgan fingerprint density at radius 3 is 1.15 bits per heavy atom. The maximum Gasteiger partial charge on any atom is 0.460 e. The maximum atomic E-state index is 13.3. The summed E-state index contributed by atoms with van der Waals surface area (Å²) in [6.45, 7) is -2.47. The SMILES string of the molecule is FC(CCCOC(F)(F)C(F)(F)OC(F)(F)C(F)(F)C(F)(F)C(F)(F)F)C(F)(F)C(F)(F)C(F)(F)C(F)(F)F. The average molecular weight is 644 g/mol. The van der Waals surface area contributed by atoms with Crippen LogP contribution in [-0.4, -0.2) is 73.1 Å². The first-order chi connectivity index (χ1) is 16.6. The standard InChI is InChI=1S/C14H7F23O2/c15-4(5(16,17)6(18,19)7(20,21)10(26,27)28)2-1-3-38-13(34,35)14(36,37)39-12(32,33)9(24,25)8(22,23)11(29,30)31/h4H,1-3H2. The zero-order chi connectivity index (χ0) is 32.1. The van der Waals surface area contributed by atoms with E-state index in [-0.39, 0.29) is 0 Å². The van der Waals surface area contributed by atoms with E-state index in [2.05, 4.69) is 4.74 Å². The molecule has 0 aromatic carbocycles. The molecule has 39 heavy (non-hydrogen) atoms. The first kappa shape index (κ1) is 37.3. The van der Waals surface area contributed by atoms with E-state index in [1.165, 1.54) is 4.74 Å². The quantitative estimate of drug-likeness (QED) is 0.149. The molecule has 1 atom stereocenters. The van der Waals surface area contributed by atoms with Crippen molar-refractivity contribution >= 4 is 0 Å². The molecule has 0 aliphatic heterocycles. The summed E-state index contributed by atoms with van der Waals surface area (Å²) >= 11 is 0. The Morgan fingerprint density at radius 2 is 0.795 bits per heavy atom. The van der Waals surface area contributed by atoms with Gasteiger partial charge in [0.25, 0.3) is 0 Å². The van der Waals surface area contributed by atoms with Gasteiger partial charge in [-0.05, 0) is 12.8 Å². The summed E-state index contributed by atoms with van der Waals surface area (Å²) in [6, 6.07) is 0. The minimum atomic E-state index is -8.02. The van der Waals surface area contributed by atoms with Crippen molar-refractivity contribution in [2.24, 2.45) is 0 Å². The van der Waals surface area contributed by atoms with Crippen molar-refractivity contribution in [3.05, 3.63) is 0 Å². The highest BCUT2D eigenvalue weighted by Crippen LogP contribution is 2.56. The number of hydrogen-bond donors (Lipinski definition) is 0. The Labute approximate surface area is 198 Å². The Balaban J connectivity index is 5.55. The molecule has 0 saturated carbocycles.